The molecule has 0 fully saturated rings. The van der Waals surface area contributed by atoms with Gasteiger partial charge in [-0.1, -0.05) is 6.07 Å². The van der Waals surface area contributed by atoms with Crippen LogP contribution in [0.25, 0.3) is 0 Å². The smallest absolute Gasteiger partial charge is 0.241 e. The minimum atomic E-state index is -3.58. The van der Waals surface area contributed by atoms with E-state index in [4.69, 9.17) is 5.73 Å². The molecule has 1 unspecified atom stereocenters. The van der Waals surface area contributed by atoms with Gasteiger partial charge in [0.25, 0.3) is 0 Å². The summed E-state index contributed by atoms with van der Waals surface area (Å²) in [4.78, 5) is 4.43. The van der Waals surface area contributed by atoms with Gasteiger partial charge in [-0.05, 0) is 32.0 Å². The fourth-order valence-corrected chi connectivity index (χ4v) is 3.74. The van der Waals surface area contributed by atoms with Crippen molar-refractivity contribution in [1.82, 2.24) is 9.71 Å². The van der Waals surface area contributed by atoms with Crippen molar-refractivity contribution in [2.45, 2.75) is 24.8 Å². The maximum Gasteiger partial charge on any atom is 0.241 e. The number of nitrogen functional groups attached to an aromatic ring is 1. The highest BCUT2D eigenvalue weighted by molar-refractivity contribution is 7.89. The molecule has 5 nitrogen and oxygen atoms in total. The van der Waals surface area contributed by atoms with E-state index in [1.165, 1.54) is 23.5 Å². The van der Waals surface area contributed by atoms with Crippen LogP contribution in [-0.2, 0) is 10.0 Å². The molecule has 3 N–H and O–H groups in total. The maximum atomic E-state index is 12.2. The molecule has 1 atom stereocenters. The van der Waals surface area contributed by atoms with Crippen LogP contribution in [0.4, 0.5) is 5.69 Å². The summed E-state index contributed by atoms with van der Waals surface area (Å²) in [6, 6.07) is 5.83. The van der Waals surface area contributed by atoms with Crippen LogP contribution < -0.4 is 10.5 Å². The Morgan fingerprint density at radius 1 is 1.42 bits per heavy atom. The van der Waals surface area contributed by atoms with Gasteiger partial charge in [0.2, 0.25) is 10.0 Å². The van der Waals surface area contributed by atoms with E-state index in [-0.39, 0.29) is 10.9 Å². The number of hydrogen-bond acceptors (Lipinski definition) is 5. The highest BCUT2D eigenvalue weighted by Gasteiger charge is 2.20. The standard InChI is InChI=1S/C12H15N3O2S2/c1-8-7-18-12(14-8)9(2)15-19(16,17)11-5-3-4-10(13)6-11/h3-7,9,15H,13H2,1-2H3. The molecule has 0 aliphatic rings. The molecule has 0 spiro atoms. The van der Waals surface area contributed by atoms with Crippen LogP contribution in [0.15, 0.2) is 34.5 Å². The number of benzene rings is 1. The third-order valence-corrected chi connectivity index (χ3v) is 5.19. The number of anilines is 1. The van der Waals surface area contributed by atoms with Crippen molar-refractivity contribution >= 4 is 27.0 Å². The lowest BCUT2D eigenvalue weighted by Crippen LogP contribution is -2.26. The molecular formula is C12H15N3O2S2. The van der Waals surface area contributed by atoms with E-state index in [9.17, 15) is 8.42 Å². The van der Waals surface area contributed by atoms with E-state index in [2.05, 4.69) is 9.71 Å². The van der Waals surface area contributed by atoms with Crippen LogP contribution in [0.5, 0.6) is 0 Å². The fraction of sp³-hybridized carbons (Fsp3) is 0.250. The number of thiazole rings is 1. The quantitative estimate of drug-likeness (QED) is 0.846. The van der Waals surface area contributed by atoms with Gasteiger partial charge in [-0.3, -0.25) is 0 Å². The van der Waals surface area contributed by atoms with Gasteiger partial charge in [-0.25, -0.2) is 18.1 Å². The minimum absolute atomic E-state index is 0.160. The summed E-state index contributed by atoms with van der Waals surface area (Å²) in [6.45, 7) is 3.64. The van der Waals surface area contributed by atoms with E-state index >= 15 is 0 Å². The number of hydrogen-bond donors (Lipinski definition) is 2. The molecule has 2 aromatic rings. The molecule has 2 rings (SSSR count). The molecule has 0 amide bonds. The van der Waals surface area contributed by atoms with Crippen molar-refractivity contribution in [2.75, 3.05) is 5.73 Å². The topological polar surface area (TPSA) is 85.1 Å². The molecular weight excluding hydrogens is 282 g/mol. The second-order valence-corrected chi connectivity index (χ2v) is 6.85. The zero-order chi connectivity index (χ0) is 14.0. The Balaban J connectivity index is 2.22. The highest BCUT2D eigenvalue weighted by atomic mass is 32.2. The van der Waals surface area contributed by atoms with Crippen LogP contribution in [0.2, 0.25) is 0 Å². The number of sulfonamides is 1. The van der Waals surface area contributed by atoms with E-state index in [1.54, 1.807) is 19.1 Å². The summed E-state index contributed by atoms with van der Waals surface area (Å²) < 4.78 is 27.0. The van der Waals surface area contributed by atoms with Crippen molar-refractivity contribution in [1.29, 1.82) is 0 Å². The minimum Gasteiger partial charge on any atom is -0.399 e. The van der Waals surface area contributed by atoms with E-state index in [0.29, 0.717) is 5.69 Å². The number of nitrogens with one attached hydrogen (secondary N) is 1. The Bertz CT molecular complexity index is 680. The van der Waals surface area contributed by atoms with Gasteiger partial charge < -0.3 is 5.73 Å². The zero-order valence-corrected chi connectivity index (χ0v) is 12.3. The Morgan fingerprint density at radius 2 is 2.16 bits per heavy atom. The Hall–Kier alpha value is -1.44. The molecule has 0 saturated heterocycles. The first-order valence-corrected chi connectivity index (χ1v) is 8.04. The average molecular weight is 297 g/mol. The maximum absolute atomic E-state index is 12.2. The SMILES string of the molecule is Cc1csc(C(C)NS(=O)(=O)c2cccc(N)c2)n1. The molecule has 102 valence electrons. The molecule has 7 heteroatoms. The first kappa shape index (κ1) is 14.0. The summed E-state index contributed by atoms with van der Waals surface area (Å²) in [6.07, 6.45) is 0. The van der Waals surface area contributed by atoms with E-state index in [0.717, 1.165) is 10.7 Å². The van der Waals surface area contributed by atoms with Crippen LogP contribution in [0.1, 0.15) is 23.7 Å². The monoisotopic (exact) mass is 297 g/mol. The van der Waals surface area contributed by atoms with Crippen LogP contribution in [-0.4, -0.2) is 13.4 Å². The first-order chi connectivity index (χ1) is 8.88. The van der Waals surface area contributed by atoms with Crippen molar-refractivity contribution in [3.8, 4) is 0 Å². The van der Waals surface area contributed by atoms with Gasteiger partial charge >= 0.3 is 0 Å². The second kappa shape index (κ2) is 5.28. The van der Waals surface area contributed by atoms with E-state index in [1.807, 2.05) is 12.3 Å². The van der Waals surface area contributed by atoms with Crippen molar-refractivity contribution in [3.63, 3.8) is 0 Å². The fourth-order valence-electron chi connectivity index (χ4n) is 1.60. The normalized spacial score (nSPS) is 13.4. The second-order valence-electron chi connectivity index (χ2n) is 4.24. The number of aryl methyl sites for hydroxylation is 1. The van der Waals surface area contributed by atoms with Gasteiger partial charge in [0.05, 0.1) is 10.9 Å². The number of aromatic nitrogens is 1. The summed E-state index contributed by atoms with van der Waals surface area (Å²) in [5.74, 6) is 0. The van der Waals surface area contributed by atoms with Gasteiger partial charge in [0.15, 0.2) is 0 Å². The lowest BCUT2D eigenvalue weighted by atomic mass is 10.3. The summed E-state index contributed by atoms with van der Waals surface area (Å²) in [7, 11) is -3.58. The predicted molar refractivity (Wildman–Crippen MR) is 76.4 cm³/mol. The first-order valence-electron chi connectivity index (χ1n) is 5.68. The predicted octanol–water partition coefficient (Wildman–Crippen LogP) is 2.07. The number of nitrogens with two attached hydrogens (primary N) is 1. The number of nitrogens with zero attached hydrogens (tertiary/aromatic N) is 1. The summed E-state index contributed by atoms with van der Waals surface area (Å²) in [5.41, 5.74) is 6.90. The van der Waals surface area contributed by atoms with Gasteiger partial charge in [0, 0.05) is 16.8 Å². The third-order valence-electron chi connectivity index (χ3n) is 2.51. The van der Waals surface area contributed by atoms with Crippen molar-refractivity contribution in [2.24, 2.45) is 0 Å². The Labute approximate surface area is 116 Å². The lowest BCUT2D eigenvalue weighted by Gasteiger charge is -2.12. The van der Waals surface area contributed by atoms with Crippen LogP contribution in [0, 0.1) is 6.92 Å². The molecule has 0 aliphatic carbocycles. The van der Waals surface area contributed by atoms with Crippen LogP contribution >= 0.6 is 11.3 Å². The summed E-state index contributed by atoms with van der Waals surface area (Å²) in [5, 5.41) is 2.63. The molecule has 1 aromatic heterocycles. The van der Waals surface area contributed by atoms with Crippen molar-refractivity contribution < 1.29 is 8.42 Å². The molecule has 0 radical (unpaired) electrons. The molecule has 1 aromatic carbocycles. The molecule has 0 aliphatic heterocycles. The molecule has 19 heavy (non-hydrogen) atoms. The highest BCUT2D eigenvalue weighted by Crippen LogP contribution is 2.21. The van der Waals surface area contributed by atoms with Gasteiger partial charge in [-0.15, -0.1) is 11.3 Å². The van der Waals surface area contributed by atoms with Gasteiger partial charge in [-0.2, -0.15) is 0 Å². The largest absolute Gasteiger partial charge is 0.399 e. The number of rotatable bonds is 4. The van der Waals surface area contributed by atoms with E-state index < -0.39 is 10.0 Å². The molecule has 0 saturated carbocycles. The third kappa shape index (κ3) is 3.31. The average Bonchev–Trinajstić information content (AvgIpc) is 2.75. The van der Waals surface area contributed by atoms with Crippen LogP contribution in [0.3, 0.4) is 0 Å². The summed E-state index contributed by atoms with van der Waals surface area (Å²) >= 11 is 1.43. The van der Waals surface area contributed by atoms with Gasteiger partial charge in [0.1, 0.15) is 5.01 Å². The molecule has 0 bridgehead atoms. The molecule has 1 heterocycles. The zero-order valence-electron chi connectivity index (χ0n) is 10.6. The Morgan fingerprint density at radius 3 is 2.74 bits per heavy atom. The van der Waals surface area contributed by atoms with Crippen molar-refractivity contribution in [3.05, 3.63) is 40.3 Å². The Kier molecular flexibility index (Phi) is 3.88. The lowest BCUT2D eigenvalue weighted by molar-refractivity contribution is 0.566.